The third-order valence-corrected chi connectivity index (χ3v) is 3.28. The molecule has 0 aliphatic carbocycles. The van der Waals surface area contributed by atoms with Crippen LogP contribution in [-0.4, -0.2) is 17.4 Å². The monoisotopic (exact) mass is 218 g/mol. The fourth-order valence-corrected chi connectivity index (χ4v) is 2.19. The summed E-state index contributed by atoms with van der Waals surface area (Å²) in [7, 11) is 0. The minimum atomic E-state index is 0.182. The molecule has 0 bridgehead atoms. The highest BCUT2D eigenvalue weighted by molar-refractivity contribution is 5.78. The molecule has 0 spiro atoms. The summed E-state index contributed by atoms with van der Waals surface area (Å²) in [5.74, 6) is 0.274. The van der Waals surface area contributed by atoms with E-state index in [0.717, 1.165) is 18.5 Å². The van der Waals surface area contributed by atoms with Crippen LogP contribution in [0, 0.1) is 0 Å². The lowest BCUT2D eigenvalue weighted by molar-refractivity contribution is -0.129. The number of nitrogens with zero attached hydrogens (tertiary/aromatic N) is 1. The van der Waals surface area contributed by atoms with Crippen LogP contribution in [0.2, 0.25) is 0 Å². The normalized spacial score (nSPS) is 17.9. The summed E-state index contributed by atoms with van der Waals surface area (Å²) in [5.41, 5.74) is 7.87. The quantitative estimate of drug-likeness (QED) is 0.841. The Morgan fingerprint density at radius 2 is 2.06 bits per heavy atom. The van der Waals surface area contributed by atoms with E-state index in [9.17, 15) is 4.79 Å². The molecule has 16 heavy (non-hydrogen) atoms. The number of rotatable bonds is 3. The molecule has 3 nitrogen and oxygen atoms in total. The van der Waals surface area contributed by atoms with Crippen LogP contribution >= 0.6 is 0 Å². The fraction of sp³-hybridized carbons (Fsp3) is 0.462. The van der Waals surface area contributed by atoms with E-state index in [1.165, 1.54) is 5.56 Å². The van der Waals surface area contributed by atoms with Gasteiger partial charge in [-0.3, -0.25) is 4.79 Å². The summed E-state index contributed by atoms with van der Waals surface area (Å²) in [6, 6.07) is 8.39. The van der Waals surface area contributed by atoms with E-state index in [-0.39, 0.29) is 11.9 Å². The maximum atomic E-state index is 11.6. The molecule has 1 aromatic rings. The fourth-order valence-electron chi connectivity index (χ4n) is 2.19. The van der Waals surface area contributed by atoms with Crippen molar-refractivity contribution in [3.05, 3.63) is 35.4 Å². The molecule has 1 saturated heterocycles. The highest BCUT2D eigenvalue weighted by Gasteiger charge is 2.25. The van der Waals surface area contributed by atoms with Gasteiger partial charge in [-0.15, -0.1) is 0 Å². The zero-order valence-electron chi connectivity index (χ0n) is 9.65. The summed E-state index contributed by atoms with van der Waals surface area (Å²) in [6.07, 6.45) is 1.69. The van der Waals surface area contributed by atoms with E-state index in [0.29, 0.717) is 13.0 Å². The van der Waals surface area contributed by atoms with Crippen molar-refractivity contribution in [1.82, 2.24) is 4.90 Å². The number of likely N-dealkylation sites (tertiary alicyclic amines) is 1. The molecule has 1 aliphatic rings. The molecule has 3 heteroatoms. The second-order valence-electron chi connectivity index (χ2n) is 4.31. The van der Waals surface area contributed by atoms with Crippen molar-refractivity contribution < 1.29 is 4.79 Å². The third kappa shape index (κ3) is 2.09. The number of nitrogens with two attached hydrogens (primary N) is 1. The van der Waals surface area contributed by atoms with E-state index < -0.39 is 0 Å². The van der Waals surface area contributed by atoms with E-state index in [1.807, 2.05) is 17.0 Å². The standard InChI is InChI=1S/C13H18N2O/c1-10(15-8-2-3-13(15)16)12-6-4-11(9-14)5-7-12/h4-7,10H,2-3,8-9,14H2,1H3. The molecule has 0 saturated carbocycles. The second kappa shape index (κ2) is 4.66. The molecule has 1 amide bonds. The number of hydrogen-bond acceptors (Lipinski definition) is 2. The van der Waals surface area contributed by atoms with Gasteiger partial charge in [0.2, 0.25) is 5.91 Å². The van der Waals surface area contributed by atoms with Gasteiger partial charge in [0.25, 0.3) is 0 Å². The molecular formula is C13H18N2O. The first-order chi connectivity index (χ1) is 7.72. The van der Waals surface area contributed by atoms with Gasteiger partial charge in [-0.25, -0.2) is 0 Å². The lowest BCUT2D eigenvalue weighted by Gasteiger charge is -2.24. The highest BCUT2D eigenvalue weighted by Crippen LogP contribution is 2.25. The van der Waals surface area contributed by atoms with Gasteiger partial charge in [0.1, 0.15) is 0 Å². The van der Waals surface area contributed by atoms with Crippen molar-refractivity contribution in [1.29, 1.82) is 0 Å². The Morgan fingerprint density at radius 1 is 1.38 bits per heavy atom. The summed E-state index contributed by atoms with van der Waals surface area (Å²) in [5, 5.41) is 0. The summed E-state index contributed by atoms with van der Waals surface area (Å²) in [6.45, 7) is 3.54. The molecule has 0 radical (unpaired) electrons. The Morgan fingerprint density at radius 3 is 2.56 bits per heavy atom. The molecule has 86 valence electrons. The number of benzene rings is 1. The van der Waals surface area contributed by atoms with Gasteiger partial charge in [0, 0.05) is 19.5 Å². The molecule has 0 aromatic heterocycles. The summed E-state index contributed by atoms with van der Waals surface area (Å²) < 4.78 is 0. The van der Waals surface area contributed by atoms with Crippen LogP contribution in [0.1, 0.15) is 36.9 Å². The van der Waals surface area contributed by atoms with Gasteiger partial charge in [-0.05, 0) is 24.5 Å². The Bertz CT molecular complexity index is 372. The number of amides is 1. The first-order valence-corrected chi connectivity index (χ1v) is 5.80. The van der Waals surface area contributed by atoms with Crippen LogP contribution < -0.4 is 5.73 Å². The Kier molecular flexibility index (Phi) is 3.25. The first kappa shape index (κ1) is 11.1. The molecule has 1 fully saturated rings. The molecular weight excluding hydrogens is 200 g/mol. The number of carbonyl (C=O) groups excluding carboxylic acids is 1. The van der Waals surface area contributed by atoms with E-state index in [1.54, 1.807) is 0 Å². The Balaban J connectivity index is 2.13. The maximum absolute atomic E-state index is 11.6. The molecule has 1 heterocycles. The Hall–Kier alpha value is -1.35. The van der Waals surface area contributed by atoms with Crippen LogP contribution in [0.15, 0.2) is 24.3 Å². The molecule has 2 rings (SSSR count). The SMILES string of the molecule is CC(c1ccc(CN)cc1)N1CCCC1=O. The van der Waals surface area contributed by atoms with Crippen molar-refractivity contribution in [2.45, 2.75) is 32.4 Å². The van der Waals surface area contributed by atoms with Crippen molar-refractivity contribution in [2.24, 2.45) is 5.73 Å². The van der Waals surface area contributed by atoms with E-state index in [4.69, 9.17) is 5.73 Å². The minimum absolute atomic E-state index is 0.182. The molecule has 1 aromatic carbocycles. The van der Waals surface area contributed by atoms with Gasteiger partial charge in [0.05, 0.1) is 6.04 Å². The van der Waals surface area contributed by atoms with Crippen molar-refractivity contribution >= 4 is 5.91 Å². The van der Waals surface area contributed by atoms with Gasteiger partial charge in [-0.2, -0.15) is 0 Å². The minimum Gasteiger partial charge on any atom is -0.336 e. The van der Waals surface area contributed by atoms with Crippen LogP contribution in [0.4, 0.5) is 0 Å². The zero-order valence-corrected chi connectivity index (χ0v) is 9.65. The molecule has 2 N–H and O–H groups in total. The average molecular weight is 218 g/mol. The number of hydrogen-bond donors (Lipinski definition) is 1. The zero-order chi connectivity index (χ0) is 11.5. The van der Waals surface area contributed by atoms with Crippen LogP contribution in [0.5, 0.6) is 0 Å². The predicted octanol–water partition coefficient (Wildman–Crippen LogP) is 1.83. The average Bonchev–Trinajstić information content (AvgIpc) is 2.75. The van der Waals surface area contributed by atoms with Crippen LogP contribution in [-0.2, 0) is 11.3 Å². The molecule has 1 aliphatic heterocycles. The van der Waals surface area contributed by atoms with E-state index in [2.05, 4.69) is 19.1 Å². The van der Waals surface area contributed by atoms with Crippen molar-refractivity contribution in [3.63, 3.8) is 0 Å². The van der Waals surface area contributed by atoms with Gasteiger partial charge >= 0.3 is 0 Å². The second-order valence-corrected chi connectivity index (χ2v) is 4.31. The maximum Gasteiger partial charge on any atom is 0.223 e. The molecule has 1 unspecified atom stereocenters. The van der Waals surface area contributed by atoms with E-state index >= 15 is 0 Å². The van der Waals surface area contributed by atoms with Crippen molar-refractivity contribution in [3.8, 4) is 0 Å². The third-order valence-electron chi connectivity index (χ3n) is 3.28. The smallest absolute Gasteiger partial charge is 0.223 e. The predicted molar refractivity (Wildman–Crippen MR) is 63.7 cm³/mol. The van der Waals surface area contributed by atoms with Gasteiger partial charge < -0.3 is 10.6 Å². The largest absolute Gasteiger partial charge is 0.336 e. The Labute approximate surface area is 96.2 Å². The molecule has 1 atom stereocenters. The summed E-state index contributed by atoms with van der Waals surface area (Å²) in [4.78, 5) is 13.6. The van der Waals surface area contributed by atoms with Crippen molar-refractivity contribution in [2.75, 3.05) is 6.54 Å². The highest BCUT2D eigenvalue weighted by atomic mass is 16.2. The lowest BCUT2D eigenvalue weighted by Crippen LogP contribution is -2.27. The topological polar surface area (TPSA) is 46.3 Å². The first-order valence-electron chi connectivity index (χ1n) is 5.80. The van der Waals surface area contributed by atoms with Gasteiger partial charge in [0.15, 0.2) is 0 Å². The van der Waals surface area contributed by atoms with Gasteiger partial charge in [-0.1, -0.05) is 24.3 Å². The van der Waals surface area contributed by atoms with Crippen LogP contribution in [0.25, 0.3) is 0 Å². The van der Waals surface area contributed by atoms with Crippen LogP contribution in [0.3, 0.4) is 0 Å². The summed E-state index contributed by atoms with van der Waals surface area (Å²) >= 11 is 0. The lowest BCUT2D eigenvalue weighted by atomic mass is 10.1. The number of carbonyl (C=O) groups is 1.